The summed E-state index contributed by atoms with van der Waals surface area (Å²) in [4.78, 5) is 12.6. The summed E-state index contributed by atoms with van der Waals surface area (Å²) in [6, 6.07) is 23.0. The van der Waals surface area contributed by atoms with Gasteiger partial charge in [-0.15, -0.1) is 10.2 Å². The van der Waals surface area contributed by atoms with Crippen molar-refractivity contribution in [3.63, 3.8) is 0 Å². The Hall–Kier alpha value is -3.78. The number of ether oxygens (including phenoxy) is 2. The van der Waals surface area contributed by atoms with Gasteiger partial charge < -0.3 is 14.8 Å². The van der Waals surface area contributed by atoms with Crippen LogP contribution in [0.4, 0.5) is 5.69 Å². The number of nitrogens with one attached hydrogen (secondary N) is 1. The van der Waals surface area contributed by atoms with E-state index in [4.69, 9.17) is 9.47 Å². The molecule has 4 rings (SSSR count). The van der Waals surface area contributed by atoms with E-state index in [0.717, 1.165) is 22.7 Å². The Morgan fingerprint density at radius 3 is 2.38 bits per heavy atom. The third-order valence-electron chi connectivity index (χ3n) is 5.27. The minimum Gasteiger partial charge on any atom is -0.497 e. The van der Waals surface area contributed by atoms with Gasteiger partial charge in [0.1, 0.15) is 18.1 Å². The summed E-state index contributed by atoms with van der Waals surface area (Å²) < 4.78 is 13.0. The van der Waals surface area contributed by atoms with Gasteiger partial charge in [-0.05, 0) is 73.5 Å². The Balaban J connectivity index is 1.47. The Bertz CT molecular complexity index is 1260. The highest BCUT2D eigenvalue weighted by atomic mass is 32.2. The van der Waals surface area contributed by atoms with Crippen molar-refractivity contribution in [3.05, 3.63) is 89.7 Å². The molecule has 1 amide bonds. The zero-order valence-corrected chi connectivity index (χ0v) is 20.1. The van der Waals surface area contributed by atoms with E-state index in [1.54, 1.807) is 7.11 Å². The minimum atomic E-state index is -0.105. The van der Waals surface area contributed by atoms with E-state index in [0.29, 0.717) is 16.7 Å². The lowest BCUT2D eigenvalue weighted by molar-refractivity contribution is -0.113. The van der Waals surface area contributed by atoms with E-state index in [2.05, 4.69) is 15.5 Å². The van der Waals surface area contributed by atoms with E-state index in [-0.39, 0.29) is 18.3 Å². The van der Waals surface area contributed by atoms with Crippen LogP contribution in [0.25, 0.3) is 5.69 Å². The summed E-state index contributed by atoms with van der Waals surface area (Å²) in [6.45, 7) is 4.30. The molecule has 3 aromatic carbocycles. The lowest BCUT2D eigenvalue weighted by atomic mass is 10.1. The second kappa shape index (κ2) is 10.9. The van der Waals surface area contributed by atoms with Crippen LogP contribution in [-0.2, 0) is 11.4 Å². The third kappa shape index (κ3) is 5.77. The van der Waals surface area contributed by atoms with Gasteiger partial charge in [-0.3, -0.25) is 9.36 Å². The summed E-state index contributed by atoms with van der Waals surface area (Å²) in [6.07, 6.45) is 0. The molecule has 0 saturated heterocycles. The first-order chi connectivity index (χ1) is 16.5. The summed E-state index contributed by atoms with van der Waals surface area (Å²) in [5, 5.41) is 12.2. The number of carbonyl (C=O) groups is 1. The zero-order valence-electron chi connectivity index (χ0n) is 19.3. The smallest absolute Gasteiger partial charge is 0.234 e. The second-order valence-corrected chi connectivity index (χ2v) is 8.61. The molecular formula is C26H26N4O3S. The van der Waals surface area contributed by atoms with E-state index in [1.807, 2.05) is 91.2 Å². The molecule has 0 aliphatic heterocycles. The Kier molecular flexibility index (Phi) is 7.49. The SMILES string of the molecule is COc1ccc(OCc2nnc(SCC(=O)Nc3ccc(C)c(C)c3)n2-c2ccccc2)cc1. The maximum absolute atomic E-state index is 12.6. The van der Waals surface area contributed by atoms with Crippen molar-refractivity contribution in [1.29, 1.82) is 0 Å². The molecule has 0 fully saturated rings. The molecule has 0 unspecified atom stereocenters. The predicted octanol–water partition coefficient (Wildman–Crippen LogP) is 5.20. The lowest BCUT2D eigenvalue weighted by Gasteiger charge is -2.12. The molecule has 4 aromatic rings. The predicted molar refractivity (Wildman–Crippen MR) is 134 cm³/mol. The third-order valence-corrected chi connectivity index (χ3v) is 6.19. The van der Waals surface area contributed by atoms with Crippen molar-refractivity contribution in [3.8, 4) is 17.2 Å². The molecule has 174 valence electrons. The van der Waals surface area contributed by atoms with Crippen molar-refractivity contribution in [2.75, 3.05) is 18.2 Å². The first-order valence-corrected chi connectivity index (χ1v) is 11.8. The quantitative estimate of drug-likeness (QED) is 0.336. The van der Waals surface area contributed by atoms with Gasteiger partial charge in [-0.2, -0.15) is 0 Å². The summed E-state index contributed by atoms with van der Waals surface area (Å²) in [5.74, 6) is 2.20. The van der Waals surface area contributed by atoms with Crippen LogP contribution >= 0.6 is 11.8 Å². The average molecular weight is 475 g/mol. The fourth-order valence-electron chi connectivity index (χ4n) is 3.29. The monoisotopic (exact) mass is 474 g/mol. The molecule has 0 atom stereocenters. The minimum absolute atomic E-state index is 0.105. The number of methoxy groups -OCH3 is 1. The fourth-order valence-corrected chi connectivity index (χ4v) is 4.06. The normalized spacial score (nSPS) is 10.7. The number of thioether (sulfide) groups is 1. The highest BCUT2D eigenvalue weighted by Gasteiger charge is 2.16. The first kappa shape index (κ1) is 23.4. The molecule has 0 aliphatic carbocycles. The maximum atomic E-state index is 12.6. The van der Waals surface area contributed by atoms with E-state index in [9.17, 15) is 4.79 Å². The van der Waals surface area contributed by atoms with Crippen LogP contribution in [0.3, 0.4) is 0 Å². The highest BCUT2D eigenvalue weighted by Crippen LogP contribution is 2.24. The molecule has 0 bridgehead atoms. The largest absolute Gasteiger partial charge is 0.497 e. The summed E-state index contributed by atoms with van der Waals surface area (Å²) in [5.41, 5.74) is 4.01. The number of para-hydroxylation sites is 1. The fraction of sp³-hybridized carbons (Fsp3) is 0.192. The van der Waals surface area contributed by atoms with Crippen molar-refractivity contribution < 1.29 is 14.3 Å². The van der Waals surface area contributed by atoms with Gasteiger partial charge in [0.15, 0.2) is 11.0 Å². The molecule has 7 nitrogen and oxygen atoms in total. The zero-order chi connectivity index (χ0) is 23.9. The van der Waals surface area contributed by atoms with Gasteiger partial charge in [0.2, 0.25) is 5.91 Å². The number of hydrogen-bond acceptors (Lipinski definition) is 6. The van der Waals surface area contributed by atoms with Crippen LogP contribution in [-0.4, -0.2) is 33.5 Å². The van der Waals surface area contributed by atoms with E-state index in [1.165, 1.54) is 17.3 Å². The topological polar surface area (TPSA) is 78.3 Å². The molecular weight excluding hydrogens is 448 g/mol. The standard InChI is InChI=1S/C26H26N4O3S/c1-18-9-10-20(15-19(18)2)27-25(31)17-34-26-29-28-24(30(26)21-7-5-4-6-8-21)16-33-23-13-11-22(32-3)12-14-23/h4-15H,16-17H2,1-3H3,(H,27,31). The van der Waals surface area contributed by atoms with Gasteiger partial charge in [-0.1, -0.05) is 36.0 Å². The molecule has 0 spiro atoms. The molecule has 34 heavy (non-hydrogen) atoms. The van der Waals surface area contributed by atoms with Gasteiger partial charge >= 0.3 is 0 Å². The Labute approximate surface area is 203 Å². The number of aryl methyl sites for hydroxylation is 2. The van der Waals surface area contributed by atoms with Gasteiger partial charge in [0.25, 0.3) is 0 Å². The van der Waals surface area contributed by atoms with Crippen LogP contribution in [0.5, 0.6) is 11.5 Å². The molecule has 1 aromatic heterocycles. The Morgan fingerprint density at radius 1 is 0.941 bits per heavy atom. The van der Waals surface area contributed by atoms with Gasteiger partial charge in [0.05, 0.1) is 12.9 Å². The molecule has 1 heterocycles. The molecule has 0 radical (unpaired) electrons. The van der Waals surface area contributed by atoms with Gasteiger partial charge in [-0.25, -0.2) is 0 Å². The second-order valence-electron chi connectivity index (χ2n) is 7.67. The van der Waals surface area contributed by atoms with E-state index >= 15 is 0 Å². The van der Waals surface area contributed by atoms with Crippen molar-refractivity contribution in [2.45, 2.75) is 25.6 Å². The number of hydrogen-bond donors (Lipinski definition) is 1. The molecule has 1 N–H and O–H groups in total. The molecule has 8 heteroatoms. The number of carbonyl (C=O) groups excluding carboxylic acids is 1. The maximum Gasteiger partial charge on any atom is 0.234 e. The van der Waals surface area contributed by atoms with Crippen molar-refractivity contribution in [2.24, 2.45) is 0 Å². The van der Waals surface area contributed by atoms with E-state index < -0.39 is 0 Å². The van der Waals surface area contributed by atoms with Crippen LogP contribution in [0.1, 0.15) is 17.0 Å². The number of amides is 1. The highest BCUT2D eigenvalue weighted by molar-refractivity contribution is 7.99. The molecule has 0 saturated carbocycles. The van der Waals surface area contributed by atoms with Gasteiger partial charge in [0, 0.05) is 11.4 Å². The number of benzene rings is 3. The average Bonchev–Trinajstić information content (AvgIpc) is 3.27. The van der Waals surface area contributed by atoms with Crippen LogP contribution < -0.4 is 14.8 Å². The number of rotatable bonds is 9. The first-order valence-electron chi connectivity index (χ1n) is 10.8. The van der Waals surface area contributed by atoms with Crippen LogP contribution in [0.15, 0.2) is 78.0 Å². The van der Waals surface area contributed by atoms with Crippen molar-refractivity contribution in [1.82, 2.24) is 14.8 Å². The summed E-state index contributed by atoms with van der Waals surface area (Å²) >= 11 is 1.33. The lowest BCUT2D eigenvalue weighted by Crippen LogP contribution is -2.15. The number of anilines is 1. The van der Waals surface area contributed by atoms with Crippen LogP contribution in [0, 0.1) is 13.8 Å². The van der Waals surface area contributed by atoms with Crippen molar-refractivity contribution >= 4 is 23.4 Å². The van der Waals surface area contributed by atoms with Crippen LogP contribution in [0.2, 0.25) is 0 Å². The number of nitrogens with zero attached hydrogens (tertiary/aromatic N) is 3. The Morgan fingerprint density at radius 2 is 1.68 bits per heavy atom. The molecule has 0 aliphatic rings. The number of aromatic nitrogens is 3. The summed E-state index contributed by atoms with van der Waals surface area (Å²) in [7, 11) is 1.62.